The second kappa shape index (κ2) is 21.7. The molecule has 0 aromatic heterocycles. The van der Waals surface area contributed by atoms with E-state index in [0.29, 0.717) is 77.0 Å². The molecule has 7 rings (SSSR count). The van der Waals surface area contributed by atoms with Gasteiger partial charge in [0.25, 0.3) is 0 Å². The summed E-state index contributed by atoms with van der Waals surface area (Å²) in [4.78, 5) is 90.1. The van der Waals surface area contributed by atoms with Gasteiger partial charge >= 0.3 is 35.8 Å². The molecule has 330 valence electrons. The molecule has 0 radical (unpaired) electrons. The Labute approximate surface area is 354 Å². The maximum absolute atomic E-state index is 15.0. The molecular formula is C48H66O12. The summed E-state index contributed by atoms with van der Waals surface area (Å²) in [6.07, 6.45) is 19.1. The smallest absolute Gasteiger partial charge is 0.340 e. The molecule has 0 unspecified atom stereocenters. The van der Waals surface area contributed by atoms with Crippen LogP contribution in [0.25, 0.3) is 0 Å². The molecule has 12 heteroatoms. The third kappa shape index (κ3) is 11.3. The van der Waals surface area contributed by atoms with Crippen LogP contribution in [0.5, 0.6) is 0 Å². The van der Waals surface area contributed by atoms with Crippen molar-refractivity contribution in [2.45, 2.75) is 229 Å². The van der Waals surface area contributed by atoms with E-state index in [2.05, 4.69) is 0 Å². The Balaban J connectivity index is 1.48. The zero-order valence-corrected chi connectivity index (χ0v) is 35.6. The molecule has 0 heterocycles. The van der Waals surface area contributed by atoms with Crippen molar-refractivity contribution in [3.8, 4) is 0 Å². The number of carbonyl (C=O) groups excluding carboxylic acids is 6. The fourth-order valence-corrected chi connectivity index (χ4v) is 10.3. The number of esters is 6. The van der Waals surface area contributed by atoms with Gasteiger partial charge < -0.3 is 28.4 Å². The molecular weight excluding hydrogens is 769 g/mol. The highest BCUT2D eigenvalue weighted by Gasteiger charge is 2.46. The minimum atomic E-state index is -1.07. The first kappa shape index (κ1) is 44.1. The van der Waals surface area contributed by atoms with Gasteiger partial charge in [0.2, 0.25) is 0 Å². The second-order valence-electron chi connectivity index (χ2n) is 18.2. The highest BCUT2D eigenvalue weighted by Crippen LogP contribution is 2.38. The van der Waals surface area contributed by atoms with Gasteiger partial charge in [0.15, 0.2) is 0 Å². The van der Waals surface area contributed by atoms with E-state index >= 15 is 28.8 Å². The van der Waals surface area contributed by atoms with Gasteiger partial charge in [-0.1, -0.05) is 38.5 Å². The SMILES string of the molecule is O=C(OC1CCCCC1)c1c(C(=O)OC2CCCCC2)c(C(=O)OC2CCCCC2)c(C(=O)OC2CCCCC2)c(C(=O)OC2CCCCC2)c1C(=O)OC1CCCCC1. The summed E-state index contributed by atoms with van der Waals surface area (Å²) in [7, 11) is 0. The fraction of sp³-hybridized carbons (Fsp3) is 0.750. The zero-order chi connectivity index (χ0) is 41.8. The van der Waals surface area contributed by atoms with Gasteiger partial charge in [-0.05, 0) is 154 Å². The van der Waals surface area contributed by atoms with E-state index in [1.807, 2.05) is 0 Å². The van der Waals surface area contributed by atoms with Crippen molar-refractivity contribution < 1.29 is 57.2 Å². The predicted octanol–water partition coefficient (Wildman–Crippen LogP) is 10.6. The number of hydrogen-bond acceptors (Lipinski definition) is 12. The Morgan fingerprint density at radius 2 is 0.333 bits per heavy atom. The van der Waals surface area contributed by atoms with Crippen LogP contribution in [-0.2, 0) is 28.4 Å². The maximum atomic E-state index is 15.0. The molecule has 0 amide bonds. The Morgan fingerprint density at radius 3 is 0.450 bits per heavy atom. The van der Waals surface area contributed by atoms with E-state index in [0.717, 1.165) is 116 Å². The Bertz CT molecular complexity index is 1340. The van der Waals surface area contributed by atoms with Crippen LogP contribution in [0.4, 0.5) is 0 Å². The van der Waals surface area contributed by atoms with E-state index in [1.54, 1.807) is 0 Å². The molecule has 0 spiro atoms. The molecule has 0 atom stereocenters. The van der Waals surface area contributed by atoms with Gasteiger partial charge in [0.1, 0.15) is 36.6 Å². The monoisotopic (exact) mass is 834 g/mol. The van der Waals surface area contributed by atoms with Crippen molar-refractivity contribution in [3.05, 3.63) is 33.4 Å². The van der Waals surface area contributed by atoms with E-state index < -0.39 is 106 Å². The Morgan fingerprint density at radius 1 is 0.217 bits per heavy atom. The molecule has 6 aliphatic carbocycles. The van der Waals surface area contributed by atoms with Crippen LogP contribution in [0.3, 0.4) is 0 Å². The molecule has 0 N–H and O–H groups in total. The number of benzene rings is 1. The fourth-order valence-electron chi connectivity index (χ4n) is 10.3. The Kier molecular flexibility index (Phi) is 16.0. The highest BCUT2D eigenvalue weighted by molar-refractivity contribution is 6.24. The average molecular weight is 835 g/mol. The first-order valence-corrected chi connectivity index (χ1v) is 23.8. The average Bonchev–Trinajstić information content (AvgIpc) is 3.27. The lowest BCUT2D eigenvalue weighted by molar-refractivity contribution is 0.00994. The molecule has 1 aromatic carbocycles. The normalized spacial score (nSPS) is 22.0. The predicted molar refractivity (Wildman–Crippen MR) is 220 cm³/mol. The summed E-state index contributed by atoms with van der Waals surface area (Å²) in [5.74, 6) is -6.42. The van der Waals surface area contributed by atoms with Crippen LogP contribution in [0.2, 0.25) is 0 Å². The van der Waals surface area contributed by atoms with Crippen molar-refractivity contribution in [2.24, 2.45) is 0 Å². The highest BCUT2D eigenvalue weighted by atomic mass is 16.6. The van der Waals surface area contributed by atoms with Gasteiger partial charge in [-0.25, -0.2) is 28.8 Å². The molecule has 12 nitrogen and oxygen atoms in total. The van der Waals surface area contributed by atoms with Crippen molar-refractivity contribution in [1.29, 1.82) is 0 Å². The number of carbonyl (C=O) groups is 6. The lowest BCUT2D eigenvalue weighted by Gasteiger charge is -2.30. The summed E-state index contributed by atoms with van der Waals surface area (Å²) in [6.45, 7) is 0. The Hall–Kier alpha value is -3.96. The quantitative estimate of drug-likeness (QED) is 0.145. The summed E-state index contributed by atoms with van der Waals surface area (Å²) < 4.78 is 36.9. The lowest BCUT2D eigenvalue weighted by Crippen LogP contribution is -2.36. The standard InChI is InChI=1S/C48H66O12/c49-43(55-31-19-7-1-8-20-31)37-38(44(50)56-32-21-9-2-10-22-32)40(46(52)58-34-25-13-4-14-26-34)42(48(54)60-36-29-17-6-18-30-36)41(47(53)59-35-27-15-5-16-28-35)39(37)45(51)57-33-23-11-3-12-24-33/h31-36H,1-30H2. The van der Waals surface area contributed by atoms with Gasteiger partial charge in [-0.15, -0.1) is 0 Å². The van der Waals surface area contributed by atoms with Crippen LogP contribution in [-0.4, -0.2) is 72.4 Å². The second-order valence-corrected chi connectivity index (χ2v) is 18.2. The first-order chi connectivity index (χ1) is 29.3. The summed E-state index contributed by atoms with van der Waals surface area (Å²) in [5.41, 5.74) is -3.74. The molecule has 0 bridgehead atoms. The number of ether oxygens (including phenoxy) is 6. The van der Waals surface area contributed by atoms with Crippen molar-refractivity contribution in [3.63, 3.8) is 0 Å². The maximum Gasteiger partial charge on any atom is 0.340 e. The van der Waals surface area contributed by atoms with E-state index in [4.69, 9.17) is 28.4 Å². The van der Waals surface area contributed by atoms with E-state index in [-0.39, 0.29) is 0 Å². The van der Waals surface area contributed by atoms with Gasteiger partial charge in [-0.2, -0.15) is 0 Å². The van der Waals surface area contributed by atoms with Crippen LogP contribution in [0.1, 0.15) is 255 Å². The van der Waals surface area contributed by atoms with Crippen molar-refractivity contribution in [1.82, 2.24) is 0 Å². The van der Waals surface area contributed by atoms with Crippen LogP contribution in [0, 0.1) is 0 Å². The van der Waals surface area contributed by atoms with Crippen LogP contribution in [0.15, 0.2) is 0 Å². The number of hydrogen-bond donors (Lipinski definition) is 0. The van der Waals surface area contributed by atoms with Crippen LogP contribution >= 0.6 is 0 Å². The summed E-state index contributed by atoms with van der Waals surface area (Å²) >= 11 is 0. The molecule has 6 aliphatic rings. The summed E-state index contributed by atoms with van der Waals surface area (Å²) in [5, 5.41) is 0. The van der Waals surface area contributed by atoms with Crippen LogP contribution < -0.4 is 0 Å². The molecule has 6 fully saturated rings. The first-order valence-electron chi connectivity index (χ1n) is 23.8. The van der Waals surface area contributed by atoms with Gasteiger partial charge in [0, 0.05) is 0 Å². The zero-order valence-electron chi connectivity index (χ0n) is 35.6. The molecule has 0 saturated heterocycles. The largest absolute Gasteiger partial charge is 0.459 e. The molecule has 6 saturated carbocycles. The van der Waals surface area contributed by atoms with E-state index in [9.17, 15) is 0 Å². The van der Waals surface area contributed by atoms with E-state index in [1.165, 1.54) is 0 Å². The topological polar surface area (TPSA) is 158 Å². The molecule has 60 heavy (non-hydrogen) atoms. The van der Waals surface area contributed by atoms with Crippen molar-refractivity contribution in [2.75, 3.05) is 0 Å². The number of rotatable bonds is 12. The lowest BCUT2D eigenvalue weighted by atomic mass is 9.85. The third-order valence-electron chi connectivity index (χ3n) is 13.7. The summed E-state index contributed by atoms with van der Waals surface area (Å²) in [6, 6.07) is 0. The molecule has 0 aliphatic heterocycles. The third-order valence-corrected chi connectivity index (χ3v) is 13.7. The molecule has 1 aromatic rings. The van der Waals surface area contributed by atoms with Crippen molar-refractivity contribution >= 4 is 35.8 Å². The minimum absolute atomic E-state index is 0.540. The minimum Gasteiger partial charge on any atom is -0.459 e. The van der Waals surface area contributed by atoms with Gasteiger partial charge in [-0.3, -0.25) is 0 Å². The van der Waals surface area contributed by atoms with Gasteiger partial charge in [0.05, 0.1) is 33.4 Å².